The summed E-state index contributed by atoms with van der Waals surface area (Å²) in [5.74, 6) is -0.872. The second kappa shape index (κ2) is 8.71. The Bertz CT molecular complexity index is 1050. The van der Waals surface area contributed by atoms with Crippen LogP contribution in [0.15, 0.2) is 53.8 Å². The molecule has 150 valence electrons. The normalized spacial score (nSPS) is 12.1. The van der Waals surface area contributed by atoms with E-state index >= 15 is 0 Å². The van der Waals surface area contributed by atoms with Crippen LogP contribution in [-0.2, 0) is 12.7 Å². The van der Waals surface area contributed by atoms with Gasteiger partial charge in [-0.2, -0.15) is 13.2 Å². The molecule has 1 amide bonds. The molecule has 3 rings (SSSR count). The van der Waals surface area contributed by atoms with Crippen LogP contribution in [0.2, 0.25) is 5.02 Å². The molecule has 0 atom stereocenters. The summed E-state index contributed by atoms with van der Waals surface area (Å²) in [7, 11) is 0. The van der Waals surface area contributed by atoms with E-state index in [1.165, 1.54) is 6.20 Å². The highest BCUT2D eigenvalue weighted by atomic mass is 35.5. The topological polar surface area (TPSA) is 67.2 Å². The Morgan fingerprint density at radius 3 is 2.62 bits per heavy atom. The fourth-order valence-corrected chi connectivity index (χ4v) is 3.30. The number of pyridine rings is 1. The van der Waals surface area contributed by atoms with Crippen molar-refractivity contribution in [2.75, 3.05) is 5.32 Å². The summed E-state index contributed by atoms with van der Waals surface area (Å²) in [5.41, 5.74) is 0.621. The summed E-state index contributed by atoms with van der Waals surface area (Å²) in [6, 6.07) is 10.3. The number of rotatable bonds is 5. The van der Waals surface area contributed by atoms with Crippen molar-refractivity contribution in [3.05, 3.63) is 74.8 Å². The maximum absolute atomic E-state index is 12.9. The minimum atomic E-state index is -4.65. The van der Waals surface area contributed by atoms with Crippen LogP contribution in [0.5, 0.6) is 0 Å². The van der Waals surface area contributed by atoms with Crippen molar-refractivity contribution >= 4 is 40.4 Å². The zero-order valence-electron chi connectivity index (χ0n) is 15.0. The summed E-state index contributed by atoms with van der Waals surface area (Å²) < 4.78 is 38.8. The van der Waals surface area contributed by atoms with Gasteiger partial charge in [0.25, 0.3) is 5.91 Å². The average molecular weight is 439 g/mol. The Labute approximate surface area is 173 Å². The number of aliphatic imine (C=N–C) groups is 1. The van der Waals surface area contributed by atoms with Gasteiger partial charge in [0.05, 0.1) is 29.0 Å². The number of alkyl halides is 3. The maximum atomic E-state index is 12.9. The van der Waals surface area contributed by atoms with Crippen molar-refractivity contribution in [3.63, 3.8) is 0 Å². The molecule has 1 aromatic carbocycles. The minimum absolute atomic E-state index is 0.222. The van der Waals surface area contributed by atoms with E-state index in [2.05, 4.69) is 20.3 Å². The number of nitrogens with one attached hydrogen (secondary N) is 1. The Hall–Kier alpha value is -2.78. The third kappa shape index (κ3) is 5.39. The second-order valence-corrected chi connectivity index (χ2v) is 7.36. The molecule has 0 unspecified atom stereocenters. The lowest BCUT2D eigenvalue weighted by Crippen LogP contribution is -2.13. The SMILES string of the molecule is CC(=NCc1ccccc1)c1ncc(C(=O)Nc2cc(C(F)(F)F)c(Cl)cn2)s1. The van der Waals surface area contributed by atoms with Gasteiger partial charge in [0.15, 0.2) is 0 Å². The molecular weight excluding hydrogens is 425 g/mol. The molecule has 0 saturated carbocycles. The monoisotopic (exact) mass is 438 g/mol. The molecule has 29 heavy (non-hydrogen) atoms. The van der Waals surface area contributed by atoms with Crippen molar-refractivity contribution in [1.82, 2.24) is 9.97 Å². The number of benzene rings is 1. The predicted octanol–water partition coefficient (Wildman–Crippen LogP) is 5.47. The van der Waals surface area contributed by atoms with Crippen molar-refractivity contribution in [3.8, 4) is 0 Å². The van der Waals surface area contributed by atoms with E-state index in [-0.39, 0.29) is 10.7 Å². The first kappa shape index (κ1) is 20.9. The van der Waals surface area contributed by atoms with Gasteiger partial charge >= 0.3 is 6.18 Å². The number of hydrogen-bond acceptors (Lipinski definition) is 5. The van der Waals surface area contributed by atoms with Gasteiger partial charge in [-0.25, -0.2) is 9.97 Å². The van der Waals surface area contributed by atoms with E-state index < -0.39 is 22.7 Å². The average Bonchev–Trinajstić information content (AvgIpc) is 3.18. The lowest BCUT2D eigenvalue weighted by Gasteiger charge is -2.10. The van der Waals surface area contributed by atoms with Gasteiger partial charge in [0, 0.05) is 6.20 Å². The van der Waals surface area contributed by atoms with Gasteiger partial charge < -0.3 is 5.32 Å². The molecule has 10 heteroatoms. The molecule has 0 saturated heterocycles. The first-order valence-corrected chi connectivity index (χ1v) is 9.49. The number of hydrogen-bond donors (Lipinski definition) is 1. The Kier molecular flexibility index (Phi) is 6.29. The van der Waals surface area contributed by atoms with Gasteiger partial charge in [0.1, 0.15) is 15.7 Å². The molecule has 0 bridgehead atoms. The third-order valence-electron chi connectivity index (χ3n) is 3.78. The third-order valence-corrected chi connectivity index (χ3v) is 5.19. The van der Waals surface area contributed by atoms with E-state index in [1.54, 1.807) is 6.92 Å². The number of anilines is 1. The van der Waals surface area contributed by atoms with Crippen molar-refractivity contribution in [2.24, 2.45) is 4.99 Å². The quantitative estimate of drug-likeness (QED) is 0.537. The fraction of sp³-hybridized carbons (Fsp3) is 0.158. The molecule has 0 aliphatic heterocycles. The first-order valence-electron chi connectivity index (χ1n) is 8.29. The number of nitrogens with zero attached hydrogens (tertiary/aromatic N) is 3. The van der Waals surface area contributed by atoms with Crippen LogP contribution in [0.25, 0.3) is 0 Å². The molecule has 0 aliphatic rings. The highest BCUT2D eigenvalue weighted by Gasteiger charge is 2.34. The van der Waals surface area contributed by atoms with Crippen LogP contribution >= 0.6 is 22.9 Å². The lowest BCUT2D eigenvalue weighted by molar-refractivity contribution is -0.137. The molecule has 1 N–H and O–H groups in total. The van der Waals surface area contributed by atoms with Crippen LogP contribution in [0.4, 0.5) is 19.0 Å². The molecule has 0 aliphatic carbocycles. The lowest BCUT2D eigenvalue weighted by atomic mass is 10.2. The Morgan fingerprint density at radius 2 is 1.93 bits per heavy atom. The molecule has 0 radical (unpaired) electrons. The largest absolute Gasteiger partial charge is 0.418 e. The fourth-order valence-electron chi connectivity index (χ4n) is 2.31. The second-order valence-electron chi connectivity index (χ2n) is 5.92. The highest BCUT2D eigenvalue weighted by Crippen LogP contribution is 2.35. The highest BCUT2D eigenvalue weighted by molar-refractivity contribution is 7.15. The van der Waals surface area contributed by atoms with E-state index in [1.807, 2.05) is 30.3 Å². The summed E-state index contributed by atoms with van der Waals surface area (Å²) in [6.45, 7) is 2.25. The molecule has 0 spiro atoms. The van der Waals surface area contributed by atoms with Crippen LogP contribution in [0.1, 0.15) is 32.7 Å². The number of thiazole rings is 1. The molecule has 0 fully saturated rings. The van der Waals surface area contributed by atoms with Crippen molar-refractivity contribution in [2.45, 2.75) is 19.6 Å². The summed E-state index contributed by atoms with van der Waals surface area (Å²) >= 11 is 6.62. The zero-order chi connectivity index (χ0) is 21.0. The number of aromatic nitrogens is 2. The maximum Gasteiger partial charge on any atom is 0.418 e. The number of halogens is 4. The van der Waals surface area contributed by atoms with Crippen molar-refractivity contribution in [1.29, 1.82) is 0 Å². The number of carbonyl (C=O) groups excluding carboxylic acids is 1. The summed E-state index contributed by atoms with van der Waals surface area (Å²) in [4.78, 5) is 24.9. The molecule has 2 heterocycles. The molecule has 5 nitrogen and oxygen atoms in total. The van der Waals surface area contributed by atoms with E-state index in [0.717, 1.165) is 23.1 Å². The van der Waals surface area contributed by atoms with Gasteiger partial charge in [-0.15, -0.1) is 11.3 Å². The van der Waals surface area contributed by atoms with Crippen LogP contribution in [0, 0.1) is 0 Å². The number of amides is 1. The first-order chi connectivity index (χ1) is 13.7. The van der Waals surface area contributed by atoms with E-state index in [9.17, 15) is 18.0 Å². The van der Waals surface area contributed by atoms with E-state index in [0.29, 0.717) is 23.3 Å². The van der Waals surface area contributed by atoms with Gasteiger partial charge in [0.2, 0.25) is 0 Å². The predicted molar refractivity (Wildman–Crippen MR) is 107 cm³/mol. The Balaban J connectivity index is 1.71. The smallest absolute Gasteiger partial charge is 0.306 e. The van der Waals surface area contributed by atoms with Crippen LogP contribution in [0.3, 0.4) is 0 Å². The molecule has 2 aromatic heterocycles. The van der Waals surface area contributed by atoms with Gasteiger partial charge in [-0.1, -0.05) is 41.9 Å². The Morgan fingerprint density at radius 1 is 1.21 bits per heavy atom. The van der Waals surface area contributed by atoms with E-state index in [4.69, 9.17) is 11.6 Å². The van der Waals surface area contributed by atoms with Crippen LogP contribution in [-0.4, -0.2) is 21.6 Å². The zero-order valence-corrected chi connectivity index (χ0v) is 16.6. The minimum Gasteiger partial charge on any atom is -0.306 e. The van der Waals surface area contributed by atoms with Crippen LogP contribution < -0.4 is 5.32 Å². The molecule has 3 aromatic rings. The van der Waals surface area contributed by atoms with Gasteiger partial charge in [-0.05, 0) is 18.6 Å². The summed E-state index contributed by atoms with van der Waals surface area (Å²) in [6.07, 6.45) is -2.46. The number of carbonyl (C=O) groups is 1. The summed E-state index contributed by atoms with van der Waals surface area (Å²) in [5, 5.41) is 2.34. The standard InChI is InChI=1S/C19H14ClF3N4OS/c1-11(24-8-12-5-3-2-4-6-12)18-26-10-15(29-18)17(28)27-16-7-13(19(21,22)23)14(20)9-25-16/h2-7,9-10H,8H2,1H3,(H,25,27,28). The molecular formula is C19H14ClF3N4OS. The van der Waals surface area contributed by atoms with Crippen molar-refractivity contribution < 1.29 is 18.0 Å². The van der Waals surface area contributed by atoms with Gasteiger partial charge in [-0.3, -0.25) is 9.79 Å².